The molecule has 5 nitrogen and oxygen atoms in total. The smallest absolute Gasteiger partial charge is 0.257 e. The number of ether oxygens (including phenoxy) is 1. The predicted octanol–water partition coefficient (Wildman–Crippen LogP) is 5.26. The van der Waals surface area contributed by atoms with Gasteiger partial charge in [-0.1, -0.05) is 35.0 Å². The van der Waals surface area contributed by atoms with E-state index in [0.717, 1.165) is 0 Å². The van der Waals surface area contributed by atoms with Crippen LogP contribution in [-0.4, -0.2) is 23.3 Å². The molecule has 25 heavy (non-hydrogen) atoms. The number of nitrogens with zero attached hydrogens (tertiary/aromatic N) is 1. The quantitative estimate of drug-likeness (QED) is 0.595. The van der Waals surface area contributed by atoms with Crippen molar-refractivity contribution in [2.24, 2.45) is 0 Å². The lowest BCUT2D eigenvalue weighted by molar-refractivity contribution is -0.115. The molecular weight excluding hydrogens is 383 g/mol. The molecule has 2 aromatic carbocycles. The molecule has 0 bridgehead atoms. The summed E-state index contributed by atoms with van der Waals surface area (Å²) < 4.78 is 10.9. The summed E-state index contributed by atoms with van der Waals surface area (Å²) in [5.74, 6) is 0.317. The van der Waals surface area contributed by atoms with Crippen LogP contribution in [0, 0.1) is 0 Å². The SMILES string of the molecule is COc1ccc(Cl)cc1NC(=O)[C@H](C)Sc1nc2ccc(Cl)cc2o1. The molecule has 0 saturated heterocycles. The van der Waals surface area contributed by atoms with Gasteiger partial charge in [-0.05, 0) is 37.3 Å². The van der Waals surface area contributed by atoms with E-state index in [2.05, 4.69) is 10.3 Å². The first-order valence-corrected chi connectivity index (χ1v) is 8.97. The number of thioether (sulfide) groups is 1. The van der Waals surface area contributed by atoms with Gasteiger partial charge in [0.2, 0.25) is 5.91 Å². The number of rotatable bonds is 5. The van der Waals surface area contributed by atoms with Crippen LogP contribution in [0.3, 0.4) is 0 Å². The highest BCUT2D eigenvalue weighted by Gasteiger charge is 2.19. The average Bonchev–Trinajstić information content (AvgIpc) is 2.96. The summed E-state index contributed by atoms with van der Waals surface area (Å²) in [6.45, 7) is 1.76. The molecule has 1 amide bonds. The van der Waals surface area contributed by atoms with Crippen LogP contribution in [0.1, 0.15) is 6.92 Å². The van der Waals surface area contributed by atoms with E-state index in [4.69, 9.17) is 32.4 Å². The molecule has 8 heteroatoms. The molecule has 0 fully saturated rings. The first kappa shape index (κ1) is 17.9. The van der Waals surface area contributed by atoms with Gasteiger partial charge >= 0.3 is 0 Å². The predicted molar refractivity (Wildman–Crippen MR) is 101 cm³/mol. The summed E-state index contributed by atoms with van der Waals surface area (Å²) in [4.78, 5) is 16.8. The Labute approximate surface area is 158 Å². The molecule has 1 heterocycles. The van der Waals surface area contributed by atoms with Crippen molar-refractivity contribution in [1.29, 1.82) is 0 Å². The van der Waals surface area contributed by atoms with Crippen molar-refractivity contribution >= 4 is 57.7 Å². The molecule has 1 N–H and O–H groups in total. The van der Waals surface area contributed by atoms with Crippen LogP contribution in [0.2, 0.25) is 10.0 Å². The number of methoxy groups -OCH3 is 1. The molecule has 3 rings (SSSR count). The summed E-state index contributed by atoms with van der Waals surface area (Å²) in [6, 6.07) is 10.2. The topological polar surface area (TPSA) is 64.4 Å². The van der Waals surface area contributed by atoms with Crippen LogP contribution in [-0.2, 0) is 4.79 Å². The molecule has 0 aliphatic heterocycles. The minimum Gasteiger partial charge on any atom is -0.495 e. The number of carbonyl (C=O) groups is 1. The number of anilines is 1. The number of fused-ring (bicyclic) bond motifs is 1. The van der Waals surface area contributed by atoms with Gasteiger partial charge in [-0.25, -0.2) is 4.98 Å². The summed E-state index contributed by atoms with van der Waals surface area (Å²) >= 11 is 13.1. The third-order valence-corrected chi connectivity index (χ3v) is 4.81. The van der Waals surface area contributed by atoms with E-state index in [1.807, 2.05) is 0 Å². The number of carbonyl (C=O) groups excluding carboxylic acids is 1. The molecular formula is C17H14Cl2N2O3S. The minimum atomic E-state index is -0.438. The van der Waals surface area contributed by atoms with Gasteiger partial charge in [0, 0.05) is 16.1 Å². The van der Waals surface area contributed by atoms with E-state index in [9.17, 15) is 4.79 Å². The number of oxazole rings is 1. The van der Waals surface area contributed by atoms with E-state index in [1.54, 1.807) is 43.3 Å². The molecule has 0 radical (unpaired) electrons. The first-order valence-electron chi connectivity index (χ1n) is 7.33. The zero-order valence-electron chi connectivity index (χ0n) is 13.4. The summed E-state index contributed by atoms with van der Waals surface area (Å²) in [5.41, 5.74) is 1.78. The molecule has 0 unspecified atom stereocenters. The van der Waals surface area contributed by atoms with Gasteiger partial charge < -0.3 is 14.5 Å². The standard InChI is InChI=1S/C17H14Cl2N2O3S/c1-9(16(22)20-13-7-10(18)4-6-14(13)23-2)25-17-21-12-5-3-11(19)8-15(12)24-17/h3-9H,1-2H3,(H,20,22)/t9-/m0/s1. The molecule has 0 saturated carbocycles. The monoisotopic (exact) mass is 396 g/mol. The molecule has 1 aromatic heterocycles. The number of amides is 1. The zero-order chi connectivity index (χ0) is 18.0. The summed E-state index contributed by atoms with van der Waals surface area (Å²) in [6.07, 6.45) is 0. The fourth-order valence-electron chi connectivity index (χ4n) is 2.14. The van der Waals surface area contributed by atoms with Gasteiger partial charge in [0.25, 0.3) is 5.22 Å². The Kier molecular flexibility index (Phi) is 5.42. The van der Waals surface area contributed by atoms with Crippen molar-refractivity contribution in [2.45, 2.75) is 17.4 Å². The zero-order valence-corrected chi connectivity index (χ0v) is 15.7. The summed E-state index contributed by atoms with van der Waals surface area (Å²) in [7, 11) is 1.53. The molecule has 3 aromatic rings. The Morgan fingerprint density at radius 1 is 1.24 bits per heavy atom. The van der Waals surface area contributed by atoms with Crippen molar-refractivity contribution in [3.05, 3.63) is 46.4 Å². The maximum atomic E-state index is 12.4. The number of halogens is 2. The Bertz CT molecular complexity index is 929. The van der Waals surface area contributed by atoms with E-state index in [0.29, 0.717) is 37.8 Å². The second kappa shape index (κ2) is 7.56. The summed E-state index contributed by atoms with van der Waals surface area (Å²) in [5, 5.41) is 3.84. The second-order valence-electron chi connectivity index (χ2n) is 5.19. The third-order valence-electron chi connectivity index (χ3n) is 3.40. The second-order valence-corrected chi connectivity index (χ2v) is 7.35. The minimum absolute atomic E-state index is 0.217. The Balaban J connectivity index is 1.72. The molecule has 0 spiro atoms. The van der Waals surface area contributed by atoms with Gasteiger partial charge in [0.1, 0.15) is 11.3 Å². The fourth-order valence-corrected chi connectivity index (χ4v) is 3.24. The van der Waals surface area contributed by atoms with Crippen molar-refractivity contribution in [1.82, 2.24) is 4.98 Å². The fraction of sp³-hybridized carbons (Fsp3) is 0.176. The van der Waals surface area contributed by atoms with Crippen molar-refractivity contribution in [3.63, 3.8) is 0 Å². The number of benzene rings is 2. The first-order chi connectivity index (χ1) is 12.0. The lowest BCUT2D eigenvalue weighted by Crippen LogP contribution is -2.22. The lowest BCUT2D eigenvalue weighted by Gasteiger charge is -2.13. The maximum Gasteiger partial charge on any atom is 0.257 e. The normalized spacial score (nSPS) is 12.2. The number of nitrogens with one attached hydrogen (secondary N) is 1. The average molecular weight is 397 g/mol. The highest BCUT2D eigenvalue weighted by Crippen LogP contribution is 2.31. The number of hydrogen-bond donors (Lipinski definition) is 1. The van der Waals surface area contributed by atoms with Crippen LogP contribution in [0.15, 0.2) is 46.0 Å². The van der Waals surface area contributed by atoms with Crippen LogP contribution < -0.4 is 10.1 Å². The van der Waals surface area contributed by atoms with Gasteiger partial charge in [-0.15, -0.1) is 0 Å². The van der Waals surface area contributed by atoms with Crippen molar-refractivity contribution < 1.29 is 13.9 Å². The van der Waals surface area contributed by atoms with Crippen LogP contribution in [0.4, 0.5) is 5.69 Å². The Morgan fingerprint density at radius 3 is 2.72 bits per heavy atom. The number of hydrogen-bond acceptors (Lipinski definition) is 5. The lowest BCUT2D eigenvalue weighted by atomic mass is 10.3. The van der Waals surface area contributed by atoms with Crippen LogP contribution >= 0.6 is 35.0 Å². The van der Waals surface area contributed by atoms with Crippen LogP contribution in [0.25, 0.3) is 11.1 Å². The molecule has 1 atom stereocenters. The van der Waals surface area contributed by atoms with E-state index in [-0.39, 0.29) is 5.91 Å². The van der Waals surface area contributed by atoms with E-state index in [1.165, 1.54) is 18.9 Å². The Hall–Kier alpha value is -1.89. The number of aromatic nitrogens is 1. The van der Waals surface area contributed by atoms with Gasteiger partial charge in [0.15, 0.2) is 5.58 Å². The van der Waals surface area contributed by atoms with Crippen molar-refractivity contribution in [2.75, 3.05) is 12.4 Å². The van der Waals surface area contributed by atoms with Crippen LogP contribution in [0.5, 0.6) is 5.75 Å². The largest absolute Gasteiger partial charge is 0.495 e. The van der Waals surface area contributed by atoms with Crippen molar-refractivity contribution in [3.8, 4) is 5.75 Å². The van der Waals surface area contributed by atoms with Gasteiger partial charge in [-0.2, -0.15) is 0 Å². The highest BCUT2D eigenvalue weighted by molar-refractivity contribution is 8.00. The van der Waals surface area contributed by atoms with E-state index >= 15 is 0 Å². The molecule has 0 aliphatic rings. The maximum absolute atomic E-state index is 12.4. The Morgan fingerprint density at radius 2 is 1.96 bits per heavy atom. The molecule has 130 valence electrons. The van der Waals surface area contributed by atoms with Gasteiger partial charge in [-0.3, -0.25) is 4.79 Å². The highest BCUT2D eigenvalue weighted by atomic mass is 35.5. The third kappa shape index (κ3) is 4.21. The molecule has 0 aliphatic carbocycles. The van der Waals surface area contributed by atoms with Gasteiger partial charge in [0.05, 0.1) is 18.0 Å². The van der Waals surface area contributed by atoms with E-state index < -0.39 is 5.25 Å².